The number of ether oxygens (including phenoxy) is 1. The van der Waals surface area contributed by atoms with Crippen LogP contribution in [0.4, 0.5) is 0 Å². The summed E-state index contributed by atoms with van der Waals surface area (Å²) in [4.78, 5) is 4.88. The molecule has 0 amide bonds. The molecule has 3 nitrogen and oxygen atoms in total. The van der Waals surface area contributed by atoms with Gasteiger partial charge >= 0.3 is 0 Å². The van der Waals surface area contributed by atoms with E-state index in [4.69, 9.17) is 9.73 Å². The average Bonchev–Trinajstić information content (AvgIpc) is 2.98. The first-order chi connectivity index (χ1) is 10.7. The minimum atomic E-state index is 0.0950. The summed E-state index contributed by atoms with van der Waals surface area (Å²) in [6.07, 6.45) is 1.82. The number of nitriles is 1. The van der Waals surface area contributed by atoms with Crippen LogP contribution < -0.4 is 4.74 Å². The van der Waals surface area contributed by atoms with E-state index in [9.17, 15) is 5.26 Å². The Kier molecular flexibility index (Phi) is 3.93. The zero-order valence-electron chi connectivity index (χ0n) is 12.8. The summed E-state index contributed by atoms with van der Waals surface area (Å²) in [6, 6.07) is 16.3. The van der Waals surface area contributed by atoms with Crippen molar-refractivity contribution >= 4 is 5.71 Å². The minimum Gasteiger partial charge on any atom is -0.497 e. The number of hydrogen-bond acceptors (Lipinski definition) is 3. The normalized spacial score (nSPS) is 16.1. The highest BCUT2D eigenvalue weighted by molar-refractivity contribution is 6.05. The summed E-state index contributed by atoms with van der Waals surface area (Å²) in [7, 11) is 1.67. The molecule has 0 saturated heterocycles. The van der Waals surface area contributed by atoms with E-state index in [-0.39, 0.29) is 6.04 Å². The second-order valence-corrected chi connectivity index (χ2v) is 5.47. The van der Waals surface area contributed by atoms with Gasteiger partial charge in [0.05, 0.1) is 24.8 Å². The fraction of sp³-hybridized carbons (Fsp3) is 0.263. The Labute approximate surface area is 130 Å². The van der Waals surface area contributed by atoms with Crippen molar-refractivity contribution in [2.75, 3.05) is 7.11 Å². The molecule has 0 saturated carbocycles. The van der Waals surface area contributed by atoms with Gasteiger partial charge in [-0.1, -0.05) is 24.3 Å². The highest BCUT2D eigenvalue weighted by atomic mass is 16.5. The van der Waals surface area contributed by atoms with Gasteiger partial charge in [0.15, 0.2) is 0 Å². The molecule has 0 N–H and O–H groups in total. The van der Waals surface area contributed by atoms with Gasteiger partial charge < -0.3 is 4.74 Å². The standard InChI is InChI=1S/C19H18N2O/c1-13(14-6-8-16(22-2)9-7-14)21-19-11-10-17-15(12-20)4-3-5-18(17)19/h3-9,13H,10-11H2,1-2H3/t13-/m0/s1. The number of methoxy groups -OCH3 is 1. The summed E-state index contributed by atoms with van der Waals surface area (Å²) >= 11 is 0. The van der Waals surface area contributed by atoms with Crippen LogP contribution in [0.1, 0.15) is 41.6 Å². The van der Waals surface area contributed by atoms with Crippen LogP contribution in [0.25, 0.3) is 0 Å². The van der Waals surface area contributed by atoms with Crippen molar-refractivity contribution < 1.29 is 4.74 Å². The molecule has 0 heterocycles. The number of nitrogens with zero attached hydrogens (tertiary/aromatic N) is 2. The number of benzene rings is 2. The molecule has 0 aromatic heterocycles. The number of rotatable bonds is 3. The van der Waals surface area contributed by atoms with Crippen LogP contribution in [0.3, 0.4) is 0 Å². The lowest BCUT2D eigenvalue weighted by Crippen LogP contribution is -1.99. The fourth-order valence-electron chi connectivity index (χ4n) is 2.93. The zero-order chi connectivity index (χ0) is 15.5. The van der Waals surface area contributed by atoms with Crippen LogP contribution in [0.5, 0.6) is 5.75 Å². The van der Waals surface area contributed by atoms with Crippen molar-refractivity contribution in [3.63, 3.8) is 0 Å². The van der Waals surface area contributed by atoms with Gasteiger partial charge in [-0.25, -0.2) is 0 Å². The first-order valence-electron chi connectivity index (χ1n) is 7.46. The maximum atomic E-state index is 9.20. The third-order valence-corrected chi connectivity index (χ3v) is 4.17. The van der Waals surface area contributed by atoms with Gasteiger partial charge in [0, 0.05) is 11.3 Å². The predicted octanol–water partition coefficient (Wildman–Crippen LogP) is 4.06. The van der Waals surface area contributed by atoms with Crippen molar-refractivity contribution in [3.8, 4) is 11.8 Å². The summed E-state index contributed by atoms with van der Waals surface area (Å²) in [6.45, 7) is 2.10. The van der Waals surface area contributed by atoms with Crippen LogP contribution >= 0.6 is 0 Å². The number of aliphatic imine (C=N–C) groups is 1. The molecule has 22 heavy (non-hydrogen) atoms. The molecule has 1 atom stereocenters. The second-order valence-electron chi connectivity index (χ2n) is 5.47. The molecule has 3 heteroatoms. The second kappa shape index (κ2) is 6.03. The van der Waals surface area contributed by atoms with Gasteiger partial charge in [0.1, 0.15) is 5.75 Å². The molecule has 0 fully saturated rings. The molecular weight excluding hydrogens is 272 g/mol. The smallest absolute Gasteiger partial charge is 0.118 e. The van der Waals surface area contributed by atoms with Crippen molar-refractivity contribution in [1.29, 1.82) is 5.26 Å². The Hall–Kier alpha value is -2.60. The number of fused-ring (bicyclic) bond motifs is 1. The molecule has 110 valence electrons. The molecule has 2 aromatic rings. The monoisotopic (exact) mass is 290 g/mol. The van der Waals surface area contributed by atoms with E-state index in [2.05, 4.69) is 31.2 Å². The van der Waals surface area contributed by atoms with Crippen LogP contribution in [-0.4, -0.2) is 12.8 Å². The van der Waals surface area contributed by atoms with Crippen LogP contribution in [0.2, 0.25) is 0 Å². The predicted molar refractivity (Wildman–Crippen MR) is 87.4 cm³/mol. The van der Waals surface area contributed by atoms with E-state index in [0.717, 1.165) is 46.6 Å². The van der Waals surface area contributed by atoms with E-state index in [1.54, 1.807) is 7.11 Å². The Morgan fingerprint density at radius 3 is 2.59 bits per heavy atom. The molecule has 2 aromatic carbocycles. The minimum absolute atomic E-state index is 0.0950. The molecule has 1 aliphatic rings. The zero-order valence-corrected chi connectivity index (χ0v) is 12.8. The lowest BCUT2D eigenvalue weighted by molar-refractivity contribution is 0.414. The summed E-state index contributed by atoms with van der Waals surface area (Å²) < 4.78 is 5.19. The Bertz CT molecular complexity index is 754. The summed E-state index contributed by atoms with van der Waals surface area (Å²) in [5.74, 6) is 0.855. The van der Waals surface area contributed by atoms with Gasteiger partial charge in [0.25, 0.3) is 0 Å². The summed E-state index contributed by atoms with van der Waals surface area (Å²) in [5, 5.41) is 9.20. The van der Waals surface area contributed by atoms with Crippen LogP contribution in [0.15, 0.2) is 47.5 Å². The van der Waals surface area contributed by atoms with E-state index in [0.29, 0.717) is 0 Å². The van der Waals surface area contributed by atoms with Crippen molar-refractivity contribution in [1.82, 2.24) is 0 Å². The Morgan fingerprint density at radius 1 is 1.14 bits per heavy atom. The fourth-order valence-corrected chi connectivity index (χ4v) is 2.93. The molecule has 3 rings (SSSR count). The SMILES string of the molecule is COc1ccc([C@H](C)N=C2CCc3c(C#N)cccc32)cc1. The highest BCUT2D eigenvalue weighted by Crippen LogP contribution is 2.28. The average molecular weight is 290 g/mol. The quantitative estimate of drug-likeness (QED) is 0.855. The van der Waals surface area contributed by atoms with Gasteiger partial charge in [-0.3, -0.25) is 4.99 Å². The van der Waals surface area contributed by atoms with E-state index < -0.39 is 0 Å². The summed E-state index contributed by atoms with van der Waals surface area (Å²) in [5.41, 5.74) is 5.33. The van der Waals surface area contributed by atoms with E-state index >= 15 is 0 Å². The topological polar surface area (TPSA) is 45.4 Å². The first kappa shape index (κ1) is 14.3. The lowest BCUT2D eigenvalue weighted by atomic mass is 10.0. The maximum Gasteiger partial charge on any atom is 0.118 e. The highest BCUT2D eigenvalue weighted by Gasteiger charge is 2.21. The van der Waals surface area contributed by atoms with E-state index in [1.807, 2.05) is 24.3 Å². The third kappa shape index (κ3) is 2.60. The Morgan fingerprint density at radius 2 is 1.91 bits per heavy atom. The van der Waals surface area contributed by atoms with Crippen LogP contribution in [-0.2, 0) is 6.42 Å². The molecule has 0 radical (unpaired) electrons. The number of hydrogen-bond donors (Lipinski definition) is 0. The molecule has 0 bridgehead atoms. The van der Waals surface area contributed by atoms with E-state index in [1.165, 1.54) is 0 Å². The van der Waals surface area contributed by atoms with Gasteiger partial charge in [-0.05, 0) is 49.1 Å². The van der Waals surface area contributed by atoms with Crippen LogP contribution in [0, 0.1) is 11.3 Å². The van der Waals surface area contributed by atoms with Gasteiger partial charge in [0.2, 0.25) is 0 Å². The van der Waals surface area contributed by atoms with Crippen molar-refractivity contribution in [3.05, 3.63) is 64.7 Å². The maximum absolute atomic E-state index is 9.20. The van der Waals surface area contributed by atoms with Crippen molar-refractivity contribution in [2.45, 2.75) is 25.8 Å². The largest absolute Gasteiger partial charge is 0.497 e. The first-order valence-corrected chi connectivity index (χ1v) is 7.46. The third-order valence-electron chi connectivity index (χ3n) is 4.17. The molecule has 0 unspecified atom stereocenters. The molecule has 0 aliphatic heterocycles. The van der Waals surface area contributed by atoms with Crippen molar-refractivity contribution in [2.24, 2.45) is 4.99 Å². The van der Waals surface area contributed by atoms with Gasteiger partial charge in [-0.2, -0.15) is 5.26 Å². The molecular formula is C19H18N2O. The Balaban J connectivity index is 1.89. The molecule has 1 aliphatic carbocycles. The van der Waals surface area contributed by atoms with Gasteiger partial charge in [-0.15, -0.1) is 0 Å². The lowest BCUT2D eigenvalue weighted by Gasteiger charge is -2.10. The molecule has 0 spiro atoms.